The summed E-state index contributed by atoms with van der Waals surface area (Å²) in [6.45, 7) is 1.88. The van der Waals surface area contributed by atoms with E-state index in [4.69, 9.17) is 9.47 Å². The number of tetrazole rings is 1. The highest BCUT2D eigenvalue weighted by Crippen LogP contribution is 2.49. The number of fused-ring (bicyclic) bond motifs is 1. The second-order valence-corrected chi connectivity index (χ2v) is 12.9. The van der Waals surface area contributed by atoms with Crippen LogP contribution < -0.4 is 5.32 Å². The van der Waals surface area contributed by atoms with Gasteiger partial charge in [0.15, 0.2) is 12.2 Å². The average molecular weight is 659 g/mol. The van der Waals surface area contributed by atoms with E-state index < -0.39 is 41.1 Å². The number of hydrogen-bond acceptors (Lipinski definition) is 11. The van der Waals surface area contributed by atoms with E-state index in [0.717, 1.165) is 11.1 Å². The molecular weight excluding hydrogens is 629 g/mol. The Kier molecular flexibility index (Phi) is 9.22. The predicted octanol–water partition coefficient (Wildman–Crippen LogP) is 3.37. The van der Waals surface area contributed by atoms with E-state index in [1.54, 1.807) is 30.3 Å². The number of ether oxygens (including phenoxy) is 2. The summed E-state index contributed by atoms with van der Waals surface area (Å²) in [4.78, 5) is 42.9. The molecule has 2 amide bonds. The van der Waals surface area contributed by atoms with Crippen molar-refractivity contribution in [3.63, 3.8) is 0 Å². The number of carbonyl (C=O) groups excluding carboxylic acids is 3. The molecule has 2 aliphatic heterocycles. The summed E-state index contributed by atoms with van der Waals surface area (Å²) in [6, 6.07) is 27.0. The number of thioether (sulfide) groups is 2. The molecule has 4 aromatic rings. The van der Waals surface area contributed by atoms with Gasteiger partial charge in [-0.1, -0.05) is 103 Å². The third-order valence-electron chi connectivity index (χ3n) is 7.78. The first kappa shape index (κ1) is 31.5. The Hall–Kier alpha value is -4.50. The monoisotopic (exact) mass is 658 g/mol. The minimum absolute atomic E-state index is 0.0589. The second-order valence-electron chi connectivity index (χ2n) is 10.5. The predicted molar refractivity (Wildman–Crippen MR) is 170 cm³/mol. The van der Waals surface area contributed by atoms with E-state index in [1.165, 1.54) is 35.5 Å². The van der Waals surface area contributed by atoms with Crippen LogP contribution in [0.2, 0.25) is 0 Å². The highest BCUT2D eigenvalue weighted by atomic mass is 32.2. The Labute approximate surface area is 272 Å². The lowest BCUT2D eigenvalue weighted by molar-refractivity contribution is -0.194. The van der Waals surface area contributed by atoms with Crippen LogP contribution in [-0.4, -0.2) is 77.6 Å². The van der Waals surface area contributed by atoms with Crippen molar-refractivity contribution in [3.05, 3.63) is 119 Å². The van der Waals surface area contributed by atoms with Crippen LogP contribution in [0.3, 0.4) is 0 Å². The number of nitrogens with zero attached hydrogens (tertiary/aromatic N) is 4. The van der Waals surface area contributed by atoms with Gasteiger partial charge in [0.1, 0.15) is 11.1 Å². The number of aliphatic hydroxyl groups excluding tert-OH is 1. The highest BCUT2D eigenvalue weighted by molar-refractivity contribution is 8.01. The lowest BCUT2D eigenvalue weighted by Gasteiger charge is -2.56. The van der Waals surface area contributed by atoms with Crippen LogP contribution in [0.5, 0.6) is 0 Å². The van der Waals surface area contributed by atoms with Gasteiger partial charge >= 0.3 is 5.97 Å². The Bertz CT molecular complexity index is 1690. The molecule has 236 valence electrons. The Morgan fingerprint density at radius 1 is 1.02 bits per heavy atom. The molecule has 4 atom stereocenters. The minimum Gasteiger partial charge on any atom is -0.448 e. The zero-order valence-electron chi connectivity index (χ0n) is 24.8. The number of rotatable bonds is 11. The first-order valence-corrected chi connectivity index (χ1v) is 16.3. The molecule has 3 aromatic carbocycles. The zero-order valence-corrected chi connectivity index (χ0v) is 26.4. The molecule has 12 nitrogen and oxygen atoms in total. The van der Waals surface area contributed by atoms with Gasteiger partial charge in [-0.2, -0.15) is 0 Å². The van der Waals surface area contributed by atoms with Gasteiger partial charge in [0, 0.05) is 18.1 Å². The SMILES string of the molecule is COC1(NC(=O)C(O)c2ccccc2)C(=O)N2C(C(=O)OC(c3ccccc3)c3ccccc3)=C(C(C)Sc3nnn[nH]3)CS[C@H]21. The second kappa shape index (κ2) is 13.5. The molecule has 0 radical (unpaired) electrons. The normalized spacial score (nSPS) is 20.5. The number of hydrogen-bond donors (Lipinski definition) is 3. The first-order valence-electron chi connectivity index (χ1n) is 14.3. The zero-order chi connectivity index (χ0) is 32.3. The Balaban J connectivity index is 1.34. The van der Waals surface area contributed by atoms with Gasteiger partial charge in [-0.25, -0.2) is 9.89 Å². The maximum Gasteiger partial charge on any atom is 0.356 e. The maximum absolute atomic E-state index is 14.3. The Morgan fingerprint density at radius 3 is 2.15 bits per heavy atom. The number of amides is 2. The van der Waals surface area contributed by atoms with E-state index in [1.807, 2.05) is 67.6 Å². The summed E-state index contributed by atoms with van der Waals surface area (Å²) in [5.74, 6) is -1.89. The maximum atomic E-state index is 14.3. The molecule has 3 N–H and O–H groups in total. The number of β-lactam (4-membered cyclic amide) rings is 1. The molecule has 2 aliphatic rings. The van der Waals surface area contributed by atoms with Crippen molar-refractivity contribution >= 4 is 41.3 Å². The molecule has 46 heavy (non-hydrogen) atoms. The van der Waals surface area contributed by atoms with Crippen molar-refractivity contribution in [2.45, 2.75) is 40.6 Å². The van der Waals surface area contributed by atoms with Crippen molar-refractivity contribution in [1.29, 1.82) is 0 Å². The number of H-pyrrole nitrogens is 1. The third kappa shape index (κ3) is 5.91. The van der Waals surface area contributed by atoms with Crippen molar-refractivity contribution < 1.29 is 29.0 Å². The van der Waals surface area contributed by atoms with E-state index in [9.17, 15) is 19.5 Å². The molecule has 1 fully saturated rings. The van der Waals surface area contributed by atoms with Gasteiger partial charge in [-0.15, -0.1) is 16.9 Å². The summed E-state index contributed by atoms with van der Waals surface area (Å²) in [6.07, 6.45) is -2.30. The van der Waals surface area contributed by atoms with Crippen LogP contribution >= 0.6 is 23.5 Å². The van der Waals surface area contributed by atoms with E-state index in [2.05, 4.69) is 25.9 Å². The number of esters is 1. The molecule has 0 spiro atoms. The van der Waals surface area contributed by atoms with Crippen LogP contribution in [0.15, 0.2) is 107 Å². The van der Waals surface area contributed by atoms with Crippen LogP contribution in [0, 0.1) is 0 Å². The Morgan fingerprint density at radius 2 is 1.61 bits per heavy atom. The van der Waals surface area contributed by atoms with Gasteiger partial charge in [-0.05, 0) is 39.6 Å². The van der Waals surface area contributed by atoms with Gasteiger partial charge < -0.3 is 19.9 Å². The van der Waals surface area contributed by atoms with Gasteiger partial charge in [0.2, 0.25) is 5.16 Å². The average Bonchev–Trinajstić information content (AvgIpc) is 3.62. The van der Waals surface area contributed by atoms with Crippen molar-refractivity contribution in [2.24, 2.45) is 0 Å². The molecule has 14 heteroatoms. The number of benzene rings is 3. The standard InChI is InChI=1S/C32H30N6O6S2/c1-19(46-31-34-36-37-35-31)23-18-45-30-32(43-2,33-27(40)25(39)20-12-6-3-7-13-20)29(42)38(30)24(23)28(41)44-26(21-14-8-4-9-15-21)22-16-10-5-11-17-22/h3-17,19,25-26,30,39H,18H2,1-2H3,(H,33,40)(H,34,35,36,37)/t19?,25?,30-,32?/m0/s1. The van der Waals surface area contributed by atoms with E-state index >= 15 is 0 Å². The molecule has 0 aliphatic carbocycles. The lowest BCUT2D eigenvalue weighted by Crippen LogP contribution is -2.81. The highest BCUT2D eigenvalue weighted by Gasteiger charge is 2.67. The van der Waals surface area contributed by atoms with E-state index in [-0.39, 0.29) is 10.9 Å². The fraction of sp³-hybridized carbons (Fsp3) is 0.250. The van der Waals surface area contributed by atoms with E-state index in [0.29, 0.717) is 22.0 Å². The quantitative estimate of drug-likeness (QED) is 0.0939. The summed E-state index contributed by atoms with van der Waals surface area (Å²) in [5, 5.41) is 26.6. The van der Waals surface area contributed by atoms with Crippen LogP contribution in [0.4, 0.5) is 0 Å². The third-order valence-corrected chi connectivity index (χ3v) is 10.2. The fourth-order valence-electron chi connectivity index (χ4n) is 5.43. The number of aromatic nitrogens is 4. The molecule has 6 rings (SSSR count). The molecule has 0 bridgehead atoms. The summed E-state index contributed by atoms with van der Waals surface area (Å²) in [7, 11) is 1.30. The number of methoxy groups -OCH3 is 1. The number of carbonyl (C=O) groups is 3. The van der Waals surface area contributed by atoms with Crippen LogP contribution in [0.1, 0.15) is 35.8 Å². The smallest absolute Gasteiger partial charge is 0.356 e. The van der Waals surface area contributed by atoms with Crippen LogP contribution in [0.25, 0.3) is 0 Å². The fourth-order valence-corrected chi connectivity index (χ4v) is 7.95. The molecule has 1 aromatic heterocycles. The number of aromatic amines is 1. The summed E-state index contributed by atoms with van der Waals surface area (Å²) in [5.41, 5.74) is 0.731. The van der Waals surface area contributed by atoms with Gasteiger partial charge in [-0.3, -0.25) is 14.5 Å². The molecule has 3 heterocycles. The largest absolute Gasteiger partial charge is 0.448 e. The molecular formula is C32H30N6O6S2. The van der Waals surface area contributed by atoms with Crippen LogP contribution in [-0.2, 0) is 23.9 Å². The van der Waals surface area contributed by atoms with Crippen molar-refractivity contribution in [3.8, 4) is 0 Å². The minimum atomic E-state index is -1.82. The van der Waals surface area contributed by atoms with Gasteiger partial charge in [0.25, 0.3) is 17.5 Å². The topological polar surface area (TPSA) is 160 Å². The lowest BCUT2D eigenvalue weighted by atomic mass is 9.96. The summed E-state index contributed by atoms with van der Waals surface area (Å²) >= 11 is 2.62. The number of aliphatic hydroxyl groups is 1. The molecule has 0 saturated carbocycles. The number of nitrogens with one attached hydrogen (secondary N) is 2. The van der Waals surface area contributed by atoms with Crippen molar-refractivity contribution in [1.82, 2.24) is 30.8 Å². The first-order chi connectivity index (χ1) is 22.3. The molecule has 3 unspecified atom stereocenters. The molecule has 1 saturated heterocycles. The van der Waals surface area contributed by atoms with Crippen molar-refractivity contribution in [2.75, 3.05) is 12.9 Å². The van der Waals surface area contributed by atoms with Gasteiger partial charge in [0.05, 0.1) is 0 Å². The summed E-state index contributed by atoms with van der Waals surface area (Å²) < 4.78 is 11.9.